The van der Waals surface area contributed by atoms with Crippen molar-refractivity contribution in [1.82, 2.24) is 4.90 Å². The van der Waals surface area contributed by atoms with E-state index in [1.165, 1.54) is 10.5 Å². The number of carbonyl (C=O) groups is 2. The van der Waals surface area contributed by atoms with Gasteiger partial charge in [-0.05, 0) is 24.0 Å². The maximum atomic E-state index is 12.6. The third kappa shape index (κ3) is 3.41. The zero-order valence-electron chi connectivity index (χ0n) is 15.0. The Balaban J connectivity index is 1.38. The molecule has 1 saturated carbocycles. The quantitative estimate of drug-likeness (QED) is 0.615. The first kappa shape index (κ1) is 17.0. The van der Waals surface area contributed by atoms with Gasteiger partial charge in [0.15, 0.2) is 18.9 Å². The van der Waals surface area contributed by atoms with E-state index in [0.29, 0.717) is 6.54 Å². The monoisotopic (exact) mass is 349 g/mol. The average molecular weight is 349 g/mol. The lowest BCUT2D eigenvalue weighted by Gasteiger charge is -2.19. The van der Waals surface area contributed by atoms with Gasteiger partial charge in [-0.1, -0.05) is 43.2 Å². The molecule has 0 bridgehead atoms. The van der Waals surface area contributed by atoms with Gasteiger partial charge in [0.25, 0.3) is 0 Å². The van der Waals surface area contributed by atoms with Gasteiger partial charge in [0.05, 0.1) is 18.4 Å². The summed E-state index contributed by atoms with van der Waals surface area (Å²) in [4.78, 5) is 26.7. The predicted octanol–water partition coefficient (Wildman–Crippen LogP) is 2.89. The van der Waals surface area contributed by atoms with E-state index in [4.69, 9.17) is 0 Å². The van der Waals surface area contributed by atoms with Crippen LogP contribution in [0.5, 0.6) is 0 Å². The lowest BCUT2D eigenvalue weighted by atomic mass is 9.81. The van der Waals surface area contributed by atoms with Crippen LogP contribution in [0.4, 0.5) is 0 Å². The van der Waals surface area contributed by atoms with E-state index in [2.05, 4.69) is 28.8 Å². The second kappa shape index (κ2) is 7.40. The van der Waals surface area contributed by atoms with Crippen LogP contribution in [0.2, 0.25) is 0 Å². The summed E-state index contributed by atoms with van der Waals surface area (Å²) in [6.07, 6.45) is 8.95. The molecule has 2 unspecified atom stereocenters. The first-order valence-corrected chi connectivity index (χ1v) is 9.59. The molecular weight excluding hydrogens is 324 g/mol. The molecule has 2 heterocycles. The molecule has 4 nitrogen and oxygen atoms in total. The van der Waals surface area contributed by atoms with Gasteiger partial charge in [-0.25, -0.2) is 4.57 Å². The number of rotatable bonds is 5. The summed E-state index contributed by atoms with van der Waals surface area (Å²) in [5.41, 5.74) is 2.33. The summed E-state index contributed by atoms with van der Waals surface area (Å²) >= 11 is 0. The fourth-order valence-electron chi connectivity index (χ4n) is 4.21. The normalized spacial score (nSPS) is 22.5. The summed E-state index contributed by atoms with van der Waals surface area (Å²) in [5, 5.41) is 0. The second-order valence-corrected chi connectivity index (χ2v) is 7.44. The molecule has 4 rings (SSSR count). The first-order valence-electron chi connectivity index (χ1n) is 9.59. The molecule has 1 saturated heterocycles. The van der Waals surface area contributed by atoms with Crippen LogP contribution in [-0.2, 0) is 29.1 Å². The second-order valence-electron chi connectivity index (χ2n) is 7.44. The number of fused-ring (bicyclic) bond motifs is 1. The average Bonchev–Trinajstić information content (AvgIpc) is 2.93. The number of aromatic nitrogens is 1. The summed E-state index contributed by atoms with van der Waals surface area (Å²) in [7, 11) is 0. The molecule has 26 heavy (non-hydrogen) atoms. The number of carbonyl (C=O) groups excluding carboxylic acids is 2. The number of imide groups is 1. The fourth-order valence-corrected chi connectivity index (χ4v) is 4.21. The Bertz CT molecular complexity index is 762. The van der Waals surface area contributed by atoms with Crippen molar-refractivity contribution in [2.45, 2.75) is 45.2 Å². The highest BCUT2D eigenvalue weighted by Gasteiger charge is 2.47. The zero-order valence-corrected chi connectivity index (χ0v) is 15.0. The van der Waals surface area contributed by atoms with E-state index < -0.39 is 0 Å². The van der Waals surface area contributed by atoms with Crippen molar-refractivity contribution in [3.05, 3.63) is 66.0 Å². The molecule has 1 aromatic carbocycles. The molecule has 1 aliphatic carbocycles. The van der Waals surface area contributed by atoms with E-state index in [0.717, 1.165) is 44.2 Å². The molecule has 2 fully saturated rings. The highest BCUT2D eigenvalue weighted by molar-refractivity contribution is 6.05. The molecule has 2 aliphatic rings. The highest BCUT2D eigenvalue weighted by Crippen LogP contribution is 2.38. The lowest BCUT2D eigenvalue weighted by molar-refractivity contribution is -0.696. The minimum absolute atomic E-state index is 0.0421. The molecule has 0 radical (unpaired) electrons. The minimum atomic E-state index is -0.0595. The summed E-state index contributed by atoms with van der Waals surface area (Å²) in [6.45, 7) is 1.32. The van der Waals surface area contributed by atoms with Crippen LogP contribution >= 0.6 is 0 Å². The van der Waals surface area contributed by atoms with Gasteiger partial charge in [-0.2, -0.15) is 0 Å². The van der Waals surface area contributed by atoms with Gasteiger partial charge in [-0.3, -0.25) is 14.5 Å². The number of aryl methyl sites for hydroxylation is 2. The van der Waals surface area contributed by atoms with E-state index in [1.807, 2.05) is 30.6 Å². The molecule has 1 aromatic heterocycles. The Morgan fingerprint density at radius 1 is 0.846 bits per heavy atom. The molecular formula is C22H25N2O2+. The number of benzene rings is 1. The van der Waals surface area contributed by atoms with Crippen molar-refractivity contribution in [3.63, 3.8) is 0 Å². The SMILES string of the molecule is O=C1C2CCCCC2C(=O)N1Cc1cc[n+](CCc2ccccc2)cc1. The number of hydrogen-bond donors (Lipinski definition) is 0. The van der Waals surface area contributed by atoms with Crippen molar-refractivity contribution in [3.8, 4) is 0 Å². The first-order chi connectivity index (χ1) is 12.7. The molecule has 0 N–H and O–H groups in total. The molecule has 2 atom stereocenters. The number of pyridine rings is 1. The van der Waals surface area contributed by atoms with Crippen LogP contribution in [0.3, 0.4) is 0 Å². The van der Waals surface area contributed by atoms with Gasteiger partial charge in [-0.15, -0.1) is 0 Å². The molecule has 1 aliphatic heterocycles. The number of hydrogen-bond acceptors (Lipinski definition) is 2. The Morgan fingerprint density at radius 2 is 1.46 bits per heavy atom. The fraction of sp³-hybridized carbons (Fsp3) is 0.409. The standard InChI is InChI=1S/C22H25N2O2/c25-21-19-8-4-5-9-20(19)22(26)24(21)16-18-11-14-23(15-12-18)13-10-17-6-2-1-3-7-17/h1-3,6-7,11-12,14-15,19-20H,4-5,8-10,13,16H2/q+1. The van der Waals surface area contributed by atoms with Crippen LogP contribution in [-0.4, -0.2) is 16.7 Å². The molecule has 2 amide bonds. The van der Waals surface area contributed by atoms with Crippen LogP contribution in [0.25, 0.3) is 0 Å². The lowest BCUT2D eigenvalue weighted by Crippen LogP contribution is -2.35. The number of likely N-dealkylation sites (tertiary alicyclic amines) is 1. The maximum Gasteiger partial charge on any atom is 0.233 e. The van der Waals surface area contributed by atoms with Crippen LogP contribution < -0.4 is 4.57 Å². The van der Waals surface area contributed by atoms with Gasteiger partial charge in [0, 0.05) is 18.6 Å². The minimum Gasteiger partial charge on any atom is -0.278 e. The Morgan fingerprint density at radius 3 is 2.08 bits per heavy atom. The summed E-state index contributed by atoms with van der Waals surface area (Å²) in [5.74, 6) is -0.0347. The Labute approximate surface area is 154 Å². The van der Waals surface area contributed by atoms with Crippen molar-refractivity contribution < 1.29 is 14.2 Å². The third-order valence-electron chi connectivity index (χ3n) is 5.73. The zero-order chi connectivity index (χ0) is 17.9. The van der Waals surface area contributed by atoms with Crippen LogP contribution in [0, 0.1) is 11.8 Å². The molecule has 134 valence electrons. The van der Waals surface area contributed by atoms with E-state index in [9.17, 15) is 9.59 Å². The van der Waals surface area contributed by atoms with Crippen molar-refractivity contribution in [2.75, 3.05) is 0 Å². The Kier molecular flexibility index (Phi) is 4.83. The van der Waals surface area contributed by atoms with Gasteiger partial charge in [0.2, 0.25) is 11.8 Å². The summed E-state index contributed by atoms with van der Waals surface area (Å²) in [6, 6.07) is 14.5. The molecule has 2 aromatic rings. The van der Waals surface area contributed by atoms with Crippen LogP contribution in [0.15, 0.2) is 54.9 Å². The van der Waals surface area contributed by atoms with Crippen molar-refractivity contribution in [1.29, 1.82) is 0 Å². The van der Waals surface area contributed by atoms with E-state index >= 15 is 0 Å². The van der Waals surface area contributed by atoms with Crippen LogP contribution in [0.1, 0.15) is 36.8 Å². The topological polar surface area (TPSA) is 41.3 Å². The number of nitrogens with zero attached hydrogens (tertiary/aromatic N) is 2. The van der Waals surface area contributed by atoms with Gasteiger partial charge >= 0.3 is 0 Å². The van der Waals surface area contributed by atoms with Gasteiger partial charge in [0.1, 0.15) is 0 Å². The summed E-state index contributed by atoms with van der Waals surface area (Å²) < 4.78 is 2.14. The number of amides is 2. The third-order valence-corrected chi connectivity index (χ3v) is 5.73. The highest BCUT2D eigenvalue weighted by atomic mass is 16.2. The van der Waals surface area contributed by atoms with Crippen molar-refractivity contribution >= 4 is 11.8 Å². The van der Waals surface area contributed by atoms with Crippen molar-refractivity contribution in [2.24, 2.45) is 11.8 Å². The maximum absolute atomic E-state index is 12.6. The Hall–Kier alpha value is -2.49. The predicted molar refractivity (Wildman–Crippen MR) is 97.8 cm³/mol. The smallest absolute Gasteiger partial charge is 0.233 e. The molecule has 4 heteroatoms. The van der Waals surface area contributed by atoms with Gasteiger partial charge < -0.3 is 0 Å². The van der Waals surface area contributed by atoms with E-state index in [-0.39, 0.29) is 23.7 Å². The van der Waals surface area contributed by atoms with E-state index in [1.54, 1.807) is 0 Å². The molecule has 0 spiro atoms. The largest absolute Gasteiger partial charge is 0.278 e.